The molecule has 0 aliphatic rings. The van der Waals surface area contributed by atoms with E-state index >= 15 is 0 Å². The molecule has 0 fully saturated rings. The summed E-state index contributed by atoms with van der Waals surface area (Å²) in [7, 11) is -2.13. The van der Waals surface area contributed by atoms with Gasteiger partial charge >= 0.3 is 6.36 Å². The van der Waals surface area contributed by atoms with Crippen molar-refractivity contribution in [1.29, 1.82) is 0 Å². The molecule has 4 rings (SSSR count). The second kappa shape index (κ2) is 10.8. The van der Waals surface area contributed by atoms with E-state index in [-0.39, 0.29) is 10.9 Å². The summed E-state index contributed by atoms with van der Waals surface area (Å²) in [5.41, 5.74) is 0.479. The Morgan fingerprint density at radius 3 is 2.35 bits per heavy atom. The van der Waals surface area contributed by atoms with E-state index in [1.54, 1.807) is 50.2 Å². The van der Waals surface area contributed by atoms with Crippen LogP contribution in [0.15, 0.2) is 54.6 Å². The highest BCUT2D eigenvalue weighted by molar-refractivity contribution is 7.92. The molecule has 0 spiro atoms. The maximum atomic E-state index is 13.1. The highest BCUT2D eigenvalue weighted by Crippen LogP contribution is 2.38. The molecule has 0 unspecified atom stereocenters. The van der Waals surface area contributed by atoms with Gasteiger partial charge in [-0.3, -0.25) is 9.52 Å². The smallest absolute Gasteiger partial charge is 0.497 e. The first-order valence-electron chi connectivity index (χ1n) is 11.5. The summed E-state index contributed by atoms with van der Waals surface area (Å²) in [6, 6.07) is 13.5. The first kappa shape index (κ1) is 29.4. The lowest BCUT2D eigenvalue weighted by molar-refractivity contribution is -0.274. The van der Waals surface area contributed by atoms with Crippen molar-refractivity contribution in [3.05, 3.63) is 75.9 Å². The highest BCUT2D eigenvalue weighted by Gasteiger charge is 2.33. The molecule has 0 bridgehead atoms. The van der Waals surface area contributed by atoms with Crippen molar-refractivity contribution in [2.75, 3.05) is 23.4 Å². The number of fused-ring (bicyclic) bond motifs is 1. The van der Waals surface area contributed by atoms with Gasteiger partial charge in [-0.2, -0.15) is 0 Å². The summed E-state index contributed by atoms with van der Waals surface area (Å²) in [6.45, 7) is 3.47. The molecule has 0 aliphatic carbocycles. The molecule has 0 saturated heterocycles. The van der Waals surface area contributed by atoms with Crippen molar-refractivity contribution in [3.8, 4) is 11.5 Å². The Labute approximate surface area is 237 Å². The van der Waals surface area contributed by atoms with Crippen molar-refractivity contribution in [3.63, 3.8) is 0 Å². The third-order valence-corrected chi connectivity index (χ3v) is 7.72. The molecule has 14 heteroatoms. The lowest BCUT2D eigenvalue weighted by Gasteiger charge is -2.27. The standard InChI is InChI=1S/C26H23ClF3N3O5S2/c1-25(2,15-9-18(37-3)13-19(10-15)38-26(28,29)30)22-11-17(12-23(27)32-22)31-24(34)21-8-14-7-16(33-40(4,35)36)5-6-20(14)39-21/h5-13,33H,1-4H3,(H,31,32,34). The number of carbonyl (C=O) groups is 1. The Kier molecular flexibility index (Phi) is 7.94. The SMILES string of the molecule is COc1cc(OC(F)(F)F)cc(C(C)(C)c2cc(NC(=O)c3cc4cc(NS(C)(=O)=O)ccc4s3)cc(Cl)n2)c1. The number of anilines is 2. The maximum Gasteiger partial charge on any atom is 0.573 e. The molecule has 1 amide bonds. The Morgan fingerprint density at radius 2 is 1.70 bits per heavy atom. The van der Waals surface area contributed by atoms with Gasteiger partial charge in [0.05, 0.1) is 23.9 Å². The molecular weight excluding hydrogens is 591 g/mol. The molecular formula is C26H23ClF3N3O5S2. The third-order valence-electron chi connectivity index (χ3n) is 5.81. The zero-order valence-electron chi connectivity index (χ0n) is 21.5. The monoisotopic (exact) mass is 613 g/mol. The van der Waals surface area contributed by atoms with Crippen molar-refractivity contribution in [2.45, 2.75) is 25.6 Å². The summed E-state index contributed by atoms with van der Waals surface area (Å²) in [5.74, 6) is -0.739. The molecule has 0 atom stereocenters. The topological polar surface area (TPSA) is 107 Å². The van der Waals surface area contributed by atoms with Gasteiger partial charge in [-0.05, 0) is 59.5 Å². The number of hydrogen-bond donors (Lipinski definition) is 2. The average molecular weight is 614 g/mol. The predicted molar refractivity (Wildman–Crippen MR) is 149 cm³/mol. The molecule has 2 heterocycles. The molecule has 0 saturated carbocycles. The molecule has 2 N–H and O–H groups in total. The van der Waals surface area contributed by atoms with Crippen LogP contribution in [0.3, 0.4) is 0 Å². The Bertz CT molecular complexity index is 1710. The van der Waals surface area contributed by atoms with E-state index in [1.807, 2.05) is 0 Å². The zero-order valence-corrected chi connectivity index (χ0v) is 23.9. The number of thiophene rings is 1. The fraction of sp³-hybridized carbons (Fsp3) is 0.231. The summed E-state index contributed by atoms with van der Waals surface area (Å²) in [5, 5.41) is 3.51. The molecule has 212 valence electrons. The van der Waals surface area contributed by atoms with Gasteiger partial charge in [0.2, 0.25) is 10.0 Å². The van der Waals surface area contributed by atoms with E-state index < -0.39 is 33.5 Å². The summed E-state index contributed by atoms with van der Waals surface area (Å²) >= 11 is 7.49. The molecule has 40 heavy (non-hydrogen) atoms. The van der Waals surface area contributed by atoms with Crippen LogP contribution in [-0.4, -0.2) is 39.0 Å². The second-order valence-corrected chi connectivity index (χ2v) is 12.5. The normalized spacial score (nSPS) is 12.3. The number of methoxy groups -OCH3 is 1. The molecule has 2 aromatic carbocycles. The summed E-state index contributed by atoms with van der Waals surface area (Å²) in [4.78, 5) is 17.8. The first-order chi connectivity index (χ1) is 18.5. The van der Waals surface area contributed by atoms with Crippen LogP contribution >= 0.6 is 22.9 Å². The van der Waals surface area contributed by atoms with Crippen molar-refractivity contribution >= 4 is 60.3 Å². The van der Waals surface area contributed by atoms with Gasteiger partial charge in [0.25, 0.3) is 5.91 Å². The molecule has 4 aromatic rings. The second-order valence-electron chi connectivity index (χ2n) is 9.33. The molecule has 0 aliphatic heterocycles. The number of alkyl halides is 3. The number of aromatic nitrogens is 1. The van der Waals surface area contributed by atoms with Crippen LogP contribution in [-0.2, 0) is 15.4 Å². The average Bonchev–Trinajstić information content (AvgIpc) is 3.25. The number of nitrogens with zero attached hydrogens (tertiary/aromatic N) is 1. The van der Waals surface area contributed by atoms with Crippen LogP contribution in [0, 0.1) is 0 Å². The van der Waals surface area contributed by atoms with Crippen LogP contribution in [0.5, 0.6) is 11.5 Å². The Morgan fingerprint density at radius 1 is 1.00 bits per heavy atom. The number of amides is 1. The largest absolute Gasteiger partial charge is 0.573 e. The minimum Gasteiger partial charge on any atom is -0.497 e. The van der Waals surface area contributed by atoms with Gasteiger partial charge in [-0.15, -0.1) is 24.5 Å². The van der Waals surface area contributed by atoms with Gasteiger partial charge in [-0.1, -0.05) is 25.4 Å². The number of rotatable bonds is 8. The Balaban J connectivity index is 1.63. The van der Waals surface area contributed by atoms with E-state index in [2.05, 4.69) is 19.8 Å². The molecule has 2 aromatic heterocycles. The maximum absolute atomic E-state index is 13.1. The van der Waals surface area contributed by atoms with E-state index in [0.29, 0.717) is 32.9 Å². The van der Waals surface area contributed by atoms with Crippen molar-refractivity contribution in [2.24, 2.45) is 0 Å². The van der Waals surface area contributed by atoms with Crippen LogP contribution in [0.2, 0.25) is 5.15 Å². The lowest BCUT2D eigenvalue weighted by atomic mass is 9.81. The van der Waals surface area contributed by atoms with E-state index in [1.165, 1.54) is 30.6 Å². The van der Waals surface area contributed by atoms with Crippen LogP contribution < -0.4 is 19.5 Å². The fourth-order valence-corrected chi connectivity index (χ4v) is 5.61. The van der Waals surface area contributed by atoms with Gasteiger partial charge in [0.15, 0.2) is 0 Å². The number of nitrogens with one attached hydrogen (secondary N) is 2. The highest BCUT2D eigenvalue weighted by atomic mass is 35.5. The number of sulfonamides is 1. The van der Waals surface area contributed by atoms with Crippen LogP contribution in [0.4, 0.5) is 24.5 Å². The van der Waals surface area contributed by atoms with Crippen molar-refractivity contribution < 1.29 is 35.9 Å². The van der Waals surface area contributed by atoms with Gasteiger partial charge in [0.1, 0.15) is 16.7 Å². The van der Waals surface area contributed by atoms with Gasteiger partial charge < -0.3 is 14.8 Å². The number of halogens is 4. The van der Waals surface area contributed by atoms with E-state index in [0.717, 1.165) is 17.0 Å². The van der Waals surface area contributed by atoms with E-state index in [4.69, 9.17) is 16.3 Å². The number of benzene rings is 2. The number of carbonyl (C=O) groups excluding carboxylic acids is 1. The zero-order chi connectivity index (χ0) is 29.5. The minimum absolute atomic E-state index is 0.0587. The number of ether oxygens (including phenoxy) is 2. The minimum atomic E-state index is -4.89. The molecule has 8 nitrogen and oxygen atoms in total. The van der Waals surface area contributed by atoms with Gasteiger partial charge in [-0.25, -0.2) is 13.4 Å². The number of pyridine rings is 1. The molecule has 0 radical (unpaired) electrons. The quantitative estimate of drug-likeness (QED) is 0.212. The fourth-order valence-electron chi connectivity index (χ4n) is 3.91. The van der Waals surface area contributed by atoms with Crippen molar-refractivity contribution in [1.82, 2.24) is 4.98 Å². The Hall–Kier alpha value is -3.55. The first-order valence-corrected chi connectivity index (χ1v) is 14.6. The number of hydrogen-bond acceptors (Lipinski definition) is 7. The van der Waals surface area contributed by atoms with Crippen LogP contribution in [0.25, 0.3) is 10.1 Å². The predicted octanol–water partition coefficient (Wildman–Crippen LogP) is 6.81. The van der Waals surface area contributed by atoms with Gasteiger partial charge in [0, 0.05) is 27.6 Å². The van der Waals surface area contributed by atoms with E-state index in [9.17, 15) is 26.4 Å². The lowest BCUT2D eigenvalue weighted by Crippen LogP contribution is -2.23. The summed E-state index contributed by atoms with van der Waals surface area (Å²) in [6.07, 6.45) is -3.85. The third kappa shape index (κ3) is 7.14. The summed E-state index contributed by atoms with van der Waals surface area (Å²) < 4.78 is 74.2. The van der Waals surface area contributed by atoms with Crippen LogP contribution in [0.1, 0.15) is 34.8 Å².